The standard InChI is InChI=1S/C23H28F2N4O2/c1-14-5-4-6-18(15(14)2)27-9-11-28(12-10-27)20(31)13-29-19-8-7-17(23(24)25)21(19)22(26-29)16(3)30/h4-6,17,23H,7-13H2,1-3H3. The number of carbonyl (C=O) groups excluding carboxylic acids is 2. The molecule has 4 rings (SSSR count). The van der Waals surface area contributed by atoms with Crippen LogP contribution in [0.1, 0.15) is 52.1 Å². The molecule has 0 bridgehead atoms. The predicted octanol–water partition coefficient (Wildman–Crippen LogP) is 3.35. The number of halogens is 2. The Balaban J connectivity index is 1.46. The molecule has 2 aliphatic rings. The number of fused-ring (bicyclic) bond motifs is 1. The van der Waals surface area contributed by atoms with Gasteiger partial charge in [0.1, 0.15) is 12.2 Å². The van der Waals surface area contributed by atoms with Crippen molar-refractivity contribution < 1.29 is 18.4 Å². The number of piperazine rings is 1. The summed E-state index contributed by atoms with van der Waals surface area (Å²) in [5.41, 5.74) is 4.73. The Kier molecular flexibility index (Phi) is 5.81. The zero-order valence-electron chi connectivity index (χ0n) is 18.2. The third-order valence-electron chi connectivity index (χ3n) is 6.63. The number of anilines is 1. The van der Waals surface area contributed by atoms with E-state index in [1.54, 1.807) is 4.90 Å². The largest absolute Gasteiger partial charge is 0.368 e. The van der Waals surface area contributed by atoms with E-state index >= 15 is 0 Å². The van der Waals surface area contributed by atoms with E-state index in [1.165, 1.54) is 28.4 Å². The third-order valence-corrected chi connectivity index (χ3v) is 6.63. The molecule has 166 valence electrons. The molecule has 6 nitrogen and oxygen atoms in total. The van der Waals surface area contributed by atoms with Crippen molar-refractivity contribution in [1.82, 2.24) is 14.7 Å². The van der Waals surface area contributed by atoms with Gasteiger partial charge in [-0.3, -0.25) is 14.3 Å². The number of carbonyl (C=O) groups is 2. The van der Waals surface area contributed by atoms with E-state index in [2.05, 4.69) is 36.0 Å². The van der Waals surface area contributed by atoms with Crippen molar-refractivity contribution in [2.75, 3.05) is 31.1 Å². The van der Waals surface area contributed by atoms with E-state index in [9.17, 15) is 18.4 Å². The van der Waals surface area contributed by atoms with Gasteiger partial charge in [-0.25, -0.2) is 8.78 Å². The van der Waals surface area contributed by atoms with Gasteiger partial charge in [-0.15, -0.1) is 0 Å². The summed E-state index contributed by atoms with van der Waals surface area (Å²) in [6, 6.07) is 6.25. The first kappa shape index (κ1) is 21.5. The van der Waals surface area contributed by atoms with E-state index in [-0.39, 0.29) is 30.3 Å². The lowest BCUT2D eigenvalue weighted by atomic mass is 10.0. The lowest BCUT2D eigenvalue weighted by Gasteiger charge is -2.37. The zero-order chi connectivity index (χ0) is 22.3. The van der Waals surface area contributed by atoms with Crippen molar-refractivity contribution in [1.29, 1.82) is 0 Å². The molecule has 0 radical (unpaired) electrons. The number of nitrogens with zero attached hydrogens (tertiary/aromatic N) is 4. The minimum atomic E-state index is -2.54. The number of aromatic nitrogens is 2. The summed E-state index contributed by atoms with van der Waals surface area (Å²) < 4.78 is 28.3. The molecule has 1 unspecified atom stereocenters. The van der Waals surface area contributed by atoms with Gasteiger partial charge in [0, 0.05) is 56.0 Å². The third kappa shape index (κ3) is 3.95. The maximum absolute atomic E-state index is 13.4. The molecule has 1 aliphatic carbocycles. The molecule has 2 aromatic rings. The summed E-state index contributed by atoms with van der Waals surface area (Å²) in [6.07, 6.45) is -1.84. The van der Waals surface area contributed by atoms with Crippen LogP contribution in [0.5, 0.6) is 0 Å². The SMILES string of the molecule is CC(=O)c1nn(CC(=O)N2CCN(c3cccc(C)c3C)CC2)c2c1C(C(F)F)CC2. The van der Waals surface area contributed by atoms with Crippen LogP contribution in [0, 0.1) is 13.8 Å². The van der Waals surface area contributed by atoms with Crippen molar-refractivity contribution >= 4 is 17.4 Å². The van der Waals surface area contributed by atoms with Crippen LogP contribution in [0.4, 0.5) is 14.5 Å². The number of Topliss-reactive ketones (excluding diaryl/α,β-unsaturated/α-hetero) is 1. The molecule has 31 heavy (non-hydrogen) atoms. The minimum absolute atomic E-state index is 0.0188. The van der Waals surface area contributed by atoms with Gasteiger partial charge >= 0.3 is 0 Å². The van der Waals surface area contributed by atoms with Gasteiger partial charge in [0.15, 0.2) is 5.78 Å². The summed E-state index contributed by atoms with van der Waals surface area (Å²) in [5, 5.41) is 4.26. The van der Waals surface area contributed by atoms with Crippen LogP contribution in [0.2, 0.25) is 0 Å². The molecule has 1 aromatic heterocycles. The Morgan fingerprint density at radius 2 is 1.87 bits per heavy atom. The summed E-state index contributed by atoms with van der Waals surface area (Å²) in [4.78, 5) is 29.0. The first-order chi connectivity index (χ1) is 14.8. The molecule has 1 aliphatic heterocycles. The van der Waals surface area contributed by atoms with Crippen LogP contribution in [-0.4, -0.2) is 59.0 Å². The van der Waals surface area contributed by atoms with Gasteiger partial charge in [0.25, 0.3) is 0 Å². The van der Waals surface area contributed by atoms with E-state index in [0.717, 1.165) is 13.1 Å². The van der Waals surface area contributed by atoms with Crippen LogP contribution < -0.4 is 4.90 Å². The topological polar surface area (TPSA) is 58.4 Å². The second kappa shape index (κ2) is 8.40. The Bertz CT molecular complexity index is 1010. The number of hydrogen-bond acceptors (Lipinski definition) is 4. The summed E-state index contributed by atoms with van der Waals surface area (Å²) in [6.45, 7) is 8.18. The van der Waals surface area contributed by atoms with Crippen LogP contribution in [0.15, 0.2) is 18.2 Å². The first-order valence-electron chi connectivity index (χ1n) is 10.8. The molecule has 0 saturated carbocycles. The molecule has 1 saturated heterocycles. The quantitative estimate of drug-likeness (QED) is 0.683. The van der Waals surface area contributed by atoms with Crippen molar-refractivity contribution in [2.24, 2.45) is 0 Å². The van der Waals surface area contributed by atoms with Crippen LogP contribution in [0.25, 0.3) is 0 Å². The second-order valence-corrected chi connectivity index (χ2v) is 8.49. The fraction of sp³-hybridized carbons (Fsp3) is 0.522. The van der Waals surface area contributed by atoms with Gasteiger partial charge < -0.3 is 9.80 Å². The van der Waals surface area contributed by atoms with Crippen molar-refractivity contribution in [2.45, 2.75) is 52.5 Å². The Labute approximate surface area is 180 Å². The van der Waals surface area contributed by atoms with E-state index < -0.39 is 12.3 Å². The smallest absolute Gasteiger partial charge is 0.245 e. The number of amides is 1. The fourth-order valence-corrected chi connectivity index (χ4v) is 4.75. The number of alkyl halides is 2. The molecule has 8 heteroatoms. The van der Waals surface area contributed by atoms with Gasteiger partial charge in [-0.2, -0.15) is 5.10 Å². The maximum atomic E-state index is 13.4. The molecule has 1 amide bonds. The van der Waals surface area contributed by atoms with Gasteiger partial charge in [0.2, 0.25) is 12.3 Å². The molecule has 0 N–H and O–H groups in total. The highest BCUT2D eigenvalue weighted by Crippen LogP contribution is 2.39. The molecule has 1 fully saturated rings. The number of ketones is 1. The normalized spacial score (nSPS) is 18.6. The Morgan fingerprint density at radius 1 is 1.16 bits per heavy atom. The van der Waals surface area contributed by atoms with Crippen molar-refractivity contribution in [3.8, 4) is 0 Å². The summed E-state index contributed by atoms with van der Waals surface area (Å²) in [7, 11) is 0. The van der Waals surface area contributed by atoms with Gasteiger partial charge in [-0.1, -0.05) is 12.1 Å². The number of aryl methyl sites for hydroxylation is 1. The van der Waals surface area contributed by atoms with E-state index in [1.807, 2.05) is 6.07 Å². The molecular formula is C23H28F2N4O2. The molecular weight excluding hydrogens is 402 g/mol. The lowest BCUT2D eigenvalue weighted by Crippen LogP contribution is -2.50. The van der Waals surface area contributed by atoms with Crippen molar-refractivity contribution in [3.05, 3.63) is 46.3 Å². The van der Waals surface area contributed by atoms with E-state index in [4.69, 9.17) is 0 Å². The lowest BCUT2D eigenvalue weighted by molar-refractivity contribution is -0.132. The fourth-order valence-electron chi connectivity index (χ4n) is 4.75. The van der Waals surface area contributed by atoms with E-state index in [0.29, 0.717) is 30.8 Å². The first-order valence-corrected chi connectivity index (χ1v) is 10.8. The maximum Gasteiger partial charge on any atom is 0.245 e. The van der Waals surface area contributed by atoms with Crippen molar-refractivity contribution in [3.63, 3.8) is 0 Å². The highest BCUT2D eigenvalue weighted by molar-refractivity contribution is 5.94. The monoisotopic (exact) mass is 430 g/mol. The number of benzene rings is 1. The van der Waals surface area contributed by atoms with Gasteiger partial charge in [-0.05, 0) is 43.9 Å². The average Bonchev–Trinajstić information content (AvgIpc) is 3.31. The number of rotatable bonds is 5. The van der Waals surface area contributed by atoms with Crippen LogP contribution >= 0.6 is 0 Å². The number of hydrogen-bond donors (Lipinski definition) is 0. The summed E-state index contributed by atoms with van der Waals surface area (Å²) in [5.74, 6) is -1.41. The predicted molar refractivity (Wildman–Crippen MR) is 114 cm³/mol. The molecule has 2 heterocycles. The average molecular weight is 430 g/mol. The minimum Gasteiger partial charge on any atom is -0.368 e. The van der Waals surface area contributed by atoms with Crippen LogP contribution in [0.3, 0.4) is 0 Å². The highest BCUT2D eigenvalue weighted by Gasteiger charge is 2.38. The summed E-state index contributed by atoms with van der Waals surface area (Å²) >= 11 is 0. The highest BCUT2D eigenvalue weighted by atomic mass is 19.3. The molecule has 0 spiro atoms. The van der Waals surface area contributed by atoms with Gasteiger partial charge in [0.05, 0.1) is 0 Å². The molecule has 1 aromatic carbocycles. The van der Waals surface area contributed by atoms with Crippen LogP contribution in [-0.2, 0) is 17.8 Å². The Hall–Kier alpha value is -2.77. The molecule has 1 atom stereocenters. The Morgan fingerprint density at radius 3 is 2.52 bits per heavy atom. The second-order valence-electron chi connectivity index (χ2n) is 8.49. The zero-order valence-corrected chi connectivity index (χ0v) is 18.2.